The highest BCUT2D eigenvalue weighted by Crippen LogP contribution is 2.25. The minimum absolute atomic E-state index is 0.0197. The van der Waals surface area contributed by atoms with E-state index in [9.17, 15) is 9.90 Å². The number of methoxy groups -OCH3 is 1. The zero-order valence-corrected chi connectivity index (χ0v) is 11.8. The van der Waals surface area contributed by atoms with Gasteiger partial charge in [-0.2, -0.15) is 5.10 Å². The lowest BCUT2D eigenvalue weighted by molar-refractivity contribution is 0.0955. The van der Waals surface area contributed by atoms with E-state index >= 15 is 0 Å². The Balaban J connectivity index is 2.00. The van der Waals surface area contributed by atoms with Crippen LogP contribution in [0.3, 0.4) is 0 Å². The minimum Gasteiger partial charge on any atom is -0.504 e. The molecule has 5 heteroatoms. The molecule has 5 nitrogen and oxygen atoms in total. The summed E-state index contributed by atoms with van der Waals surface area (Å²) < 4.78 is 4.95. The molecule has 0 saturated heterocycles. The number of carbonyl (C=O) groups excluding carboxylic acids is 1. The number of aromatic hydroxyl groups is 1. The molecule has 0 saturated carbocycles. The molecule has 0 aromatic heterocycles. The van der Waals surface area contributed by atoms with Crippen molar-refractivity contribution < 1.29 is 14.6 Å². The summed E-state index contributed by atoms with van der Waals surface area (Å²) in [5.74, 6) is 0.117. The van der Waals surface area contributed by atoms with Gasteiger partial charge in [0.25, 0.3) is 5.91 Å². The maximum Gasteiger partial charge on any atom is 0.271 e. The molecular formula is C16H16N2O3. The average molecular weight is 284 g/mol. The Kier molecular flexibility index (Phi) is 4.56. The summed E-state index contributed by atoms with van der Waals surface area (Å²) in [7, 11) is 1.48. The Labute approximate surface area is 122 Å². The molecule has 0 fully saturated rings. The molecule has 2 aromatic rings. The zero-order chi connectivity index (χ0) is 15.2. The number of hydrazone groups is 1. The van der Waals surface area contributed by atoms with Crippen LogP contribution in [0.4, 0.5) is 0 Å². The SMILES string of the molecule is COc1ccc(C=NNC(=O)c2ccc(C)cc2)cc1O. The van der Waals surface area contributed by atoms with Crippen LogP contribution in [0.1, 0.15) is 21.5 Å². The van der Waals surface area contributed by atoms with Crippen molar-refractivity contribution in [2.45, 2.75) is 6.92 Å². The monoisotopic (exact) mass is 284 g/mol. The molecule has 0 radical (unpaired) electrons. The highest BCUT2D eigenvalue weighted by molar-refractivity contribution is 5.94. The van der Waals surface area contributed by atoms with Gasteiger partial charge in [-0.1, -0.05) is 17.7 Å². The van der Waals surface area contributed by atoms with Crippen molar-refractivity contribution in [3.05, 3.63) is 59.2 Å². The van der Waals surface area contributed by atoms with E-state index in [1.165, 1.54) is 19.4 Å². The topological polar surface area (TPSA) is 70.9 Å². The van der Waals surface area contributed by atoms with Gasteiger partial charge in [0.1, 0.15) is 0 Å². The Morgan fingerprint density at radius 1 is 1.24 bits per heavy atom. The van der Waals surface area contributed by atoms with Crippen LogP contribution >= 0.6 is 0 Å². The molecule has 1 amide bonds. The summed E-state index contributed by atoms with van der Waals surface area (Å²) in [6, 6.07) is 12.0. The smallest absolute Gasteiger partial charge is 0.271 e. The first-order valence-electron chi connectivity index (χ1n) is 6.37. The predicted molar refractivity (Wildman–Crippen MR) is 80.9 cm³/mol. The molecule has 0 heterocycles. The van der Waals surface area contributed by atoms with Crippen LogP contribution in [0, 0.1) is 6.92 Å². The number of hydrogen-bond donors (Lipinski definition) is 2. The normalized spacial score (nSPS) is 10.6. The fraction of sp³-hybridized carbons (Fsp3) is 0.125. The third-order valence-electron chi connectivity index (χ3n) is 2.90. The van der Waals surface area contributed by atoms with Gasteiger partial charge in [0.15, 0.2) is 11.5 Å². The van der Waals surface area contributed by atoms with Crippen molar-refractivity contribution in [2.24, 2.45) is 5.10 Å². The second kappa shape index (κ2) is 6.56. The summed E-state index contributed by atoms with van der Waals surface area (Å²) in [5, 5.41) is 13.5. The highest BCUT2D eigenvalue weighted by Gasteiger charge is 2.03. The maximum atomic E-state index is 11.8. The van der Waals surface area contributed by atoms with Gasteiger partial charge in [-0.25, -0.2) is 5.43 Å². The standard InChI is InChI=1S/C16H16N2O3/c1-11-3-6-13(7-4-11)16(20)18-17-10-12-5-8-15(21-2)14(19)9-12/h3-10,19H,1-2H3,(H,18,20). The van der Waals surface area contributed by atoms with Crippen molar-refractivity contribution in [1.29, 1.82) is 0 Å². The number of rotatable bonds is 4. The van der Waals surface area contributed by atoms with Crippen molar-refractivity contribution in [3.8, 4) is 11.5 Å². The van der Waals surface area contributed by atoms with Gasteiger partial charge < -0.3 is 9.84 Å². The number of ether oxygens (including phenoxy) is 1. The molecule has 21 heavy (non-hydrogen) atoms. The Hall–Kier alpha value is -2.82. The predicted octanol–water partition coefficient (Wildman–Crippen LogP) is 2.47. The Morgan fingerprint density at radius 3 is 2.57 bits per heavy atom. The highest BCUT2D eigenvalue weighted by atomic mass is 16.5. The molecular weight excluding hydrogens is 268 g/mol. The third kappa shape index (κ3) is 3.82. The van der Waals surface area contributed by atoms with Gasteiger partial charge in [-0.15, -0.1) is 0 Å². The number of nitrogens with zero attached hydrogens (tertiary/aromatic N) is 1. The molecule has 108 valence electrons. The van der Waals surface area contributed by atoms with E-state index in [-0.39, 0.29) is 11.7 Å². The maximum absolute atomic E-state index is 11.8. The quantitative estimate of drug-likeness (QED) is 0.669. The lowest BCUT2D eigenvalue weighted by Gasteiger charge is -2.03. The molecule has 2 aromatic carbocycles. The summed E-state index contributed by atoms with van der Waals surface area (Å²) >= 11 is 0. The van der Waals surface area contributed by atoms with Crippen LogP contribution in [0.5, 0.6) is 11.5 Å². The van der Waals surface area contributed by atoms with Crippen LogP contribution < -0.4 is 10.2 Å². The van der Waals surface area contributed by atoms with Crippen molar-refractivity contribution in [1.82, 2.24) is 5.43 Å². The van der Waals surface area contributed by atoms with Crippen molar-refractivity contribution >= 4 is 12.1 Å². The number of amides is 1. The molecule has 2 N–H and O–H groups in total. The van der Waals surface area contributed by atoms with Crippen LogP contribution in [0.25, 0.3) is 0 Å². The van der Waals surface area contributed by atoms with Crippen LogP contribution in [-0.2, 0) is 0 Å². The minimum atomic E-state index is -0.288. The van der Waals surface area contributed by atoms with Crippen LogP contribution in [0.2, 0.25) is 0 Å². The van der Waals surface area contributed by atoms with E-state index in [1.54, 1.807) is 24.3 Å². The van der Waals surface area contributed by atoms with E-state index in [1.807, 2.05) is 19.1 Å². The summed E-state index contributed by atoms with van der Waals surface area (Å²) in [6.07, 6.45) is 1.45. The van der Waals surface area contributed by atoms with Gasteiger partial charge >= 0.3 is 0 Å². The molecule has 0 aliphatic heterocycles. The lowest BCUT2D eigenvalue weighted by Crippen LogP contribution is -2.17. The molecule has 0 aliphatic rings. The van der Waals surface area contributed by atoms with E-state index in [0.717, 1.165) is 5.56 Å². The number of phenolic OH excluding ortho intramolecular Hbond substituents is 1. The first-order chi connectivity index (χ1) is 10.1. The average Bonchev–Trinajstić information content (AvgIpc) is 2.48. The first-order valence-corrected chi connectivity index (χ1v) is 6.37. The summed E-state index contributed by atoms with van der Waals surface area (Å²) in [6.45, 7) is 1.95. The number of carbonyl (C=O) groups is 1. The number of phenols is 1. The van der Waals surface area contributed by atoms with E-state index in [2.05, 4.69) is 10.5 Å². The second-order valence-electron chi connectivity index (χ2n) is 4.50. The largest absolute Gasteiger partial charge is 0.504 e. The van der Waals surface area contributed by atoms with E-state index in [4.69, 9.17) is 4.74 Å². The molecule has 0 aliphatic carbocycles. The number of nitrogens with one attached hydrogen (secondary N) is 1. The first kappa shape index (κ1) is 14.6. The molecule has 0 spiro atoms. The van der Waals surface area contributed by atoms with E-state index < -0.39 is 0 Å². The molecule has 2 rings (SSSR count). The fourth-order valence-electron chi connectivity index (χ4n) is 1.72. The van der Waals surface area contributed by atoms with Crippen LogP contribution in [-0.4, -0.2) is 24.3 Å². The molecule has 0 atom stereocenters. The van der Waals surface area contributed by atoms with Crippen molar-refractivity contribution in [3.63, 3.8) is 0 Å². The number of hydrogen-bond acceptors (Lipinski definition) is 4. The summed E-state index contributed by atoms with van der Waals surface area (Å²) in [5.41, 5.74) is 4.71. The Bertz CT molecular complexity index is 664. The fourth-order valence-corrected chi connectivity index (χ4v) is 1.72. The van der Waals surface area contributed by atoms with Gasteiger partial charge in [-0.3, -0.25) is 4.79 Å². The van der Waals surface area contributed by atoms with Crippen LogP contribution in [0.15, 0.2) is 47.6 Å². The van der Waals surface area contributed by atoms with Crippen molar-refractivity contribution in [2.75, 3.05) is 7.11 Å². The third-order valence-corrected chi connectivity index (χ3v) is 2.90. The van der Waals surface area contributed by atoms with Gasteiger partial charge in [0.05, 0.1) is 13.3 Å². The van der Waals surface area contributed by atoms with E-state index in [0.29, 0.717) is 16.9 Å². The zero-order valence-electron chi connectivity index (χ0n) is 11.8. The number of benzene rings is 2. The second-order valence-corrected chi connectivity index (χ2v) is 4.50. The lowest BCUT2D eigenvalue weighted by atomic mass is 10.1. The van der Waals surface area contributed by atoms with Gasteiger partial charge in [-0.05, 0) is 42.8 Å². The van der Waals surface area contributed by atoms with Gasteiger partial charge in [0, 0.05) is 5.56 Å². The van der Waals surface area contributed by atoms with Gasteiger partial charge in [0.2, 0.25) is 0 Å². The number of aryl methyl sites for hydroxylation is 1. The molecule has 0 unspecified atom stereocenters. The Morgan fingerprint density at radius 2 is 1.95 bits per heavy atom. The summed E-state index contributed by atoms with van der Waals surface area (Å²) in [4.78, 5) is 11.8. The molecule has 0 bridgehead atoms.